The van der Waals surface area contributed by atoms with Crippen LogP contribution in [-0.4, -0.2) is 60.8 Å². The average molecular weight is 326 g/mol. The van der Waals surface area contributed by atoms with E-state index in [1.54, 1.807) is 0 Å². The number of nitrogens with zero attached hydrogens (tertiary/aromatic N) is 2. The van der Waals surface area contributed by atoms with Gasteiger partial charge >= 0.3 is 0 Å². The zero-order chi connectivity index (χ0) is 16.5. The molecule has 2 rings (SSSR count). The number of aliphatic hydroxyl groups excluding tert-OH is 1. The van der Waals surface area contributed by atoms with Crippen molar-refractivity contribution in [2.45, 2.75) is 32.1 Å². The van der Waals surface area contributed by atoms with E-state index in [0.29, 0.717) is 6.42 Å². The summed E-state index contributed by atoms with van der Waals surface area (Å²) in [6, 6.07) is 4.07. The minimum Gasteiger partial charge on any atom is -0.396 e. The van der Waals surface area contributed by atoms with Gasteiger partial charge < -0.3 is 14.9 Å². The summed E-state index contributed by atoms with van der Waals surface area (Å²) in [7, 11) is 0. The van der Waals surface area contributed by atoms with Gasteiger partial charge in [-0.05, 0) is 57.3 Å². The van der Waals surface area contributed by atoms with Gasteiger partial charge in [0.25, 0.3) is 0 Å². The van der Waals surface area contributed by atoms with Crippen LogP contribution in [0.1, 0.15) is 31.2 Å². The molecule has 1 fully saturated rings. The Kier molecular flexibility index (Phi) is 7.92. The Morgan fingerprint density at radius 2 is 1.39 bits per heavy atom. The molecule has 5 heteroatoms. The minimum absolute atomic E-state index is 0.218. The lowest BCUT2D eigenvalue weighted by Gasteiger charge is -2.34. The van der Waals surface area contributed by atoms with E-state index in [1.165, 1.54) is 18.2 Å². The first kappa shape index (κ1) is 18.3. The molecule has 1 aliphatic heterocycles. The number of rotatable bonds is 9. The second-order valence-electron chi connectivity index (χ2n) is 6.27. The fourth-order valence-electron chi connectivity index (χ4n) is 3.11. The van der Waals surface area contributed by atoms with Crippen LogP contribution in [0.15, 0.2) is 18.2 Å². The fraction of sp³-hybridized carbons (Fsp3) is 0.667. The molecule has 0 aliphatic carbocycles. The van der Waals surface area contributed by atoms with E-state index in [2.05, 4.69) is 9.80 Å². The van der Waals surface area contributed by atoms with Crippen molar-refractivity contribution in [1.29, 1.82) is 0 Å². The van der Waals surface area contributed by atoms with Gasteiger partial charge in [-0.1, -0.05) is 6.07 Å². The van der Waals surface area contributed by atoms with Crippen molar-refractivity contribution in [2.75, 3.05) is 45.9 Å². The predicted octanol–water partition coefficient (Wildman–Crippen LogP) is 2.68. The van der Waals surface area contributed by atoms with Crippen molar-refractivity contribution >= 4 is 0 Å². The van der Waals surface area contributed by atoms with Crippen LogP contribution in [0.4, 0.5) is 8.78 Å². The van der Waals surface area contributed by atoms with Gasteiger partial charge in [-0.15, -0.1) is 0 Å². The Hall–Kier alpha value is -1.04. The van der Waals surface area contributed by atoms with Crippen LogP contribution in [-0.2, 0) is 6.42 Å². The van der Waals surface area contributed by atoms with Crippen molar-refractivity contribution in [1.82, 2.24) is 9.80 Å². The van der Waals surface area contributed by atoms with Crippen molar-refractivity contribution in [3.63, 3.8) is 0 Å². The van der Waals surface area contributed by atoms with E-state index in [-0.39, 0.29) is 12.2 Å². The topological polar surface area (TPSA) is 26.7 Å². The highest BCUT2D eigenvalue weighted by molar-refractivity contribution is 5.19. The highest BCUT2D eigenvalue weighted by atomic mass is 19.1. The molecule has 130 valence electrons. The molecule has 0 atom stereocenters. The zero-order valence-corrected chi connectivity index (χ0v) is 13.8. The summed E-state index contributed by atoms with van der Waals surface area (Å²) in [5.74, 6) is -0.865. The average Bonchev–Trinajstić information content (AvgIpc) is 2.56. The van der Waals surface area contributed by atoms with Crippen LogP contribution in [0.2, 0.25) is 0 Å². The normalized spacial score (nSPS) is 16.8. The molecule has 0 spiro atoms. The van der Waals surface area contributed by atoms with Crippen LogP contribution in [0.3, 0.4) is 0 Å². The molecule has 3 nitrogen and oxygen atoms in total. The molecule has 0 unspecified atom stereocenters. The second kappa shape index (κ2) is 9.96. The van der Waals surface area contributed by atoms with Gasteiger partial charge in [-0.25, -0.2) is 8.78 Å². The van der Waals surface area contributed by atoms with E-state index >= 15 is 0 Å². The molecule has 0 bridgehead atoms. The Bertz CT molecular complexity index is 442. The molecule has 1 heterocycles. The van der Waals surface area contributed by atoms with Crippen LogP contribution in [0.5, 0.6) is 0 Å². The lowest BCUT2D eigenvalue weighted by atomic mass is 10.1. The summed E-state index contributed by atoms with van der Waals surface area (Å²) >= 11 is 0. The molecule has 1 aromatic carbocycles. The van der Waals surface area contributed by atoms with E-state index in [9.17, 15) is 8.78 Å². The van der Waals surface area contributed by atoms with Crippen molar-refractivity contribution in [3.8, 4) is 0 Å². The van der Waals surface area contributed by atoms with Gasteiger partial charge in [0, 0.05) is 38.3 Å². The van der Waals surface area contributed by atoms with Gasteiger partial charge in [0.05, 0.1) is 0 Å². The van der Waals surface area contributed by atoms with Crippen LogP contribution in [0.25, 0.3) is 0 Å². The van der Waals surface area contributed by atoms with Gasteiger partial charge in [0.15, 0.2) is 0 Å². The van der Waals surface area contributed by atoms with E-state index in [4.69, 9.17) is 5.11 Å². The molecule has 0 amide bonds. The Morgan fingerprint density at radius 1 is 0.826 bits per heavy atom. The van der Waals surface area contributed by atoms with Gasteiger partial charge in [-0.3, -0.25) is 0 Å². The molecule has 1 aromatic rings. The van der Waals surface area contributed by atoms with Crippen molar-refractivity contribution in [3.05, 3.63) is 35.4 Å². The third-order valence-corrected chi connectivity index (χ3v) is 4.56. The molecule has 23 heavy (non-hydrogen) atoms. The highest BCUT2D eigenvalue weighted by Gasteiger charge is 2.16. The number of benzene rings is 1. The predicted molar refractivity (Wildman–Crippen MR) is 88.5 cm³/mol. The van der Waals surface area contributed by atoms with Crippen molar-refractivity contribution < 1.29 is 13.9 Å². The van der Waals surface area contributed by atoms with E-state index in [1.807, 2.05) is 0 Å². The highest BCUT2D eigenvalue weighted by Crippen LogP contribution is 2.14. The third kappa shape index (κ3) is 6.16. The first-order valence-corrected chi connectivity index (χ1v) is 8.69. The molecule has 1 aliphatic rings. The largest absolute Gasteiger partial charge is 0.396 e. The molecule has 0 aromatic heterocycles. The minimum atomic E-state index is -0.433. The number of hydrogen-bond acceptors (Lipinski definition) is 3. The summed E-state index contributed by atoms with van der Waals surface area (Å²) < 4.78 is 27.1. The molecular weight excluding hydrogens is 298 g/mol. The standard InChI is InChI=1S/C18H28F2N2O/c19-17-7-4-8-18(20)16(17)6-5-10-22-13-11-21(12-14-22)9-2-1-3-15-23/h4,7-8,23H,1-3,5-6,9-15H2. The van der Waals surface area contributed by atoms with Crippen molar-refractivity contribution in [2.24, 2.45) is 0 Å². The molecule has 0 radical (unpaired) electrons. The van der Waals surface area contributed by atoms with Crippen LogP contribution < -0.4 is 0 Å². The number of piperazine rings is 1. The fourth-order valence-corrected chi connectivity index (χ4v) is 3.11. The maximum absolute atomic E-state index is 13.6. The van der Waals surface area contributed by atoms with E-state index < -0.39 is 11.6 Å². The molecule has 1 N–H and O–H groups in total. The SMILES string of the molecule is OCCCCCN1CCN(CCCc2c(F)cccc2F)CC1. The van der Waals surface area contributed by atoms with Gasteiger partial charge in [0.2, 0.25) is 0 Å². The maximum Gasteiger partial charge on any atom is 0.129 e. The lowest BCUT2D eigenvalue weighted by molar-refractivity contribution is 0.129. The summed E-state index contributed by atoms with van der Waals surface area (Å²) in [5, 5.41) is 8.77. The summed E-state index contributed by atoms with van der Waals surface area (Å²) in [4.78, 5) is 4.84. The zero-order valence-electron chi connectivity index (χ0n) is 13.8. The molecular formula is C18H28F2N2O. The Morgan fingerprint density at radius 3 is 1.96 bits per heavy atom. The number of halogens is 2. The molecule has 0 saturated carbocycles. The Labute approximate surface area is 137 Å². The summed E-state index contributed by atoms with van der Waals surface area (Å²) in [5.41, 5.74) is 0.218. The van der Waals surface area contributed by atoms with E-state index in [0.717, 1.165) is 65.0 Å². The quantitative estimate of drug-likeness (QED) is 0.707. The number of hydrogen-bond donors (Lipinski definition) is 1. The van der Waals surface area contributed by atoms with Crippen LogP contribution >= 0.6 is 0 Å². The first-order chi connectivity index (χ1) is 11.2. The second-order valence-corrected chi connectivity index (χ2v) is 6.27. The maximum atomic E-state index is 13.6. The summed E-state index contributed by atoms with van der Waals surface area (Å²) in [6.45, 7) is 6.47. The smallest absolute Gasteiger partial charge is 0.129 e. The Balaban J connectivity index is 1.61. The van der Waals surface area contributed by atoms with Crippen LogP contribution in [0, 0.1) is 11.6 Å². The summed E-state index contributed by atoms with van der Waals surface area (Å²) in [6.07, 6.45) is 4.37. The third-order valence-electron chi connectivity index (χ3n) is 4.56. The number of aliphatic hydroxyl groups is 1. The number of unbranched alkanes of at least 4 members (excludes halogenated alkanes) is 2. The lowest BCUT2D eigenvalue weighted by Crippen LogP contribution is -2.46. The van der Waals surface area contributed by atoms with Gasteiger partial charge in [-0.2, -0.15) is 0 Å². The monoisotopic (exact) mass is 326 g/mol. The molecule has 1 saturated heterocycles. The van der Waals surface area contributed by atoms with Gasteiger partial charge in [0.1, 0.15) is 11.6 Å². The first-order valence-electron chi connectivity index (χ1n) is 8.69.